The predicted octanol–water partition coefficient (Wildman–Crippen LogP) is 3.48. The van der Waals surface area contributed by atoms with E-state index in [1.165, 1.54) is 4.68 Å². The van der Waals surface area contributed by atoms with Crippen LogP contribution >= 0.6 is 11.3 Å². The number of aromatic nitrogens is 3. The van der Waals surface area contributed by atoms with Crippen molar-refractivity contribution in [2.24, 2.45) is 0 Å². The lowest BCUT2D eigenvalue weighted by atomic mass is 10.1. The van der Waals surface area contributed by atoms with Crippen molar-refractivity contribution in [3.05, 3.63) is 98.0 Å². The van der Waals surface area contributed by atoms with Gasteiger partial charge in [-0.1, -0.05) is 6.07 Å². The highest BCUT2D eigenvalue weighted by Crippen LogP contribution is 2.26. The van der Waals surface area contributed by atoms with Crippen LogP contribution in [0.5, 0.6) is 0 Å². The summed E-state index contributed by atoms with van der Waals surface area (Å²) in [5.74, 6) is 0.232. The lowest BCUT2D eigenvalue weighted by Crippen LogP contribution is -2.34. The summed E-state index contributed by atoms with van der Waals surface area (Å²) in [5, 5.41) is 2.91. The Morgan fingerprint density at radius 2 is 1.89 bits per heavy atom. The third-order valence-electron chi connectivity index (χ3n) is 5.80. The Hall–Kier alpha value is -3.98. The Bertz CT molecular complexity index is 1390. The van der Waals surface area contributed by atoms with E-state index in [-0.39, 0.29) is 17.9 Å². The van der Waals surface area contributed by atoms with Gasteiger partial charge in [-0.25, -0.2) is 9.66 Å². The average molecular weight is 489 g/mol. The highest BCUT2D eigenvalue weighted by Gasteiger charge is 2.14. The predicted molar refractivity (Wildman–Crippen MR) is 140 cm³/mol. The summed E-state index contributed by atoms with van der Waals surface area (Å²) in [7, 11) is 0. The standard InChI is InChI=1S/C26H28N6O2S/c1-16-9-11-32(30-14-19-7-8-23(35-19)22-6-4-5-10-28-22)26(34)20(16)13-25(33)29-15-21-17(2)12-24(27)31-18(21)3/h4-12,30H,13-15H2,1-3H3,(H2,27,31)(H,29,33). The minimum Gasteiger partial charge on any atom is -0.384 e. The molecule has 4 aromatic heterocycles. The number of thiophene rings is 1. The van der Waals surface area contributed by atoms with E-state index in [1.807, 2.05) is 57.2 Å². The summed E-state index contributed by atoms with van der Waals surface area (Å²) < 4.78 is 1.44. The van der Waals surface area contributed by atoms with Crippen LogP contribution in [0.15, 0.2) is 59.7 Å². The maximum absolute atomic E-state index is 13.1. The molecular weight excluding hydrogens is 460 g/mol. The topological polar surface area (TPSA) is 115 Å². The lowest BCUT2D eigenvalue weighted by molar-refractivity contribution is -0.120. The van der Waals surface area contributed by atoms with Crippen molar-refractivity contribution in [2.75, 3.05) is 11.2 Å². The lowest BCUT2D eigenvalue weighted by Gasteiger charge is -2.14. The van der Waals surface area contributed by atoms with Crippen molar-refractivity contribution in [3.63, 3.8) is 0 Å². The molecule has 0 bridgehead atoms. The van der Waals surface area contributed by atoms with Gasteiger partial charge in [0.1, 0.15) is 5.82 Å². The van der Waals surface area contributed by atoms with Crippen LogP contribution in [0.2, 0.25) is 0 Å². The van der Waals surface area contributed by atoms with Gasteiger partial charge in [0, 0.05) is 35.1 Å². The number of anilines is 1. The molecule has 1 amide bonds. The molecule has 0 aliphatic heterocycles. The molecule has 0 aliphatic rings. The minimum absolute atomic E-state index is 0.00346. The van der Waals surface area contributed by atoms with Crippen molar-refractivity contribution in [1.29, 1.82) is 0 Å². The van der Waals surface area contributed by atoms with Crippen LogP contribution in [0, 0.1) is 20.8 Å². The van der Waals surface area contributed by atoms with Gasteiger partial charge in [-0.3, -0.25) is 14.6 Å². The number of nitrogens with zero attached hydrogens (tertiary/aromatic N) is 3. The molecular formula is C26H28N6O2S. The Morgan fingerprint density at radius 1 is 1.06 bits per heavy atom. The van der Waals surface area contributed by atoms with Crippen LogP contribution in [0.4, 0.5) is 5.82 Å². The second-order valence-electron chi connectivity index (χ2n) is 8.35. The molecule has 9 heteroatoms. The number of carbonyl (C=O) groups excluding carboxylic acids is 1. The third-order valence-corrected chi connectivity index (χ3v) is 6.91. The number of nitrogen functional groups attached to an aromatic ring is 1. The van der Waals surface area contributed by atoms with Gasteiger partial charge >= 0.3 is 0 Å². The summed E-state index contributed by atoms with van der Waals surface area (Å²) in [6.07, 6.45) is 3.46. The third kappa shape index (κ3) is 5.75. The summed E-state index contributed by atoms with van der Waals surface area (Å²) in [5.41, 5.74) is 13.5. The van der Waals surface area contributed by atoms with Gasteiger partial charge < -0.3 is 16.5 Å². The molecule has 0 aromatic carbocycles. The molecule has 0 spiro atoms. The van der Waals surface area contributed by atoms with Crippen LogP contribution in [0.1, 0.15) is 32.8 Å². The maximum Gasteiger partial charge on any atom is 0.272 e. The largest absolute Gasteiger partial charge is 0.384 e. The molecule has 0 atom stereocenters. The molecule has 4 N–H and O–H groups in total. The van der Waals surface area contributed by atoms with Crippen LogP contribution in [0.25, 0.3) is 10.6 Å². The summed E-state index contributed by atoms with van der Waals surface area (Å²) in [4.78, 5) is 36.5. The van der Waals surface area contributed by atoms with Gasteiger partial charge in [0.25, 0.3) is 5.56 Å². The van der Waals surface area contributed by atoms with Crippen LogP contribution in [-0.2, 0) is 24.3 Å². The van der Waals surface area contributed by atoms with Gasteiger partial charge in [0.2, 0.25) is 5.91 Å². The molecule has 4 rings (SSSR count). The van der Waals surface area contributed by atoms with Gasteiger partial charge in [-0.15, -0.1) is 11.3 Å². The zero-order valence-corrected chi connectivity index (χ0v) is 20.8. The van der Waals surface area contributed by atoms with E-state index in [4.69, 9.17) is 5.73 Å². The zero-order chi connectivity index (χ0) is 24.9. The Kier molecular flexibility index (Phi) is 7.26. The number of nitrogens with two attached hydrogens (primary N) is 1. The smallest absolute Gasteiger partial charge is 0.272 e. The van der Waals surface area contributed by atoms with Gasteiger partial charge in [0.15, 0.2) is 0 Å². The molecule has 4 aromatic rings. The number of pyridine rings is 3. The number of hydrogen-bond acceptors (Lipinski definition) is 7. The van der Waals surface area contributed by atoms with E-state index in [9.17, 15) is 9.59 Å². The van der Waals surface area contributed by atoms with Crippen LogP contribution < -0.4 is 22.0 Å². The highest BCUT2D eigenvalue weighted by molar-refractivity contribution is 7.15. The van der Waals surface area contributed by atoms with Crippen molar-refractivity contribution >= 4 is 23.1 Å². The van der Waals surface area contributed by atoms with E-state index in [0.29, 0.717) is 24.5 Å². The van der Waals surface area contributed by atoms with E-state index in [0.717, 1.165) is 37.8 Å². The Balaban J connectivity index is 1.41. The van der Waals surface area contributed by atoms with Gasteiger partial charge in [0.05, 0.1) is 23.5 Å². The minimum atomic E-state index is -0.233. The SMILES string of the molecule is Cc1cc(N)nc(C)c1CNC(=O)Cc1c(C)ccn(NCc2ccc(-c3ccccn3)s2)c1=O. The molecule has 0 radical (unpaired) electrons. The molecule has 4 heterocycles. The van der Waals surface area contributed by atoms with Crippen molar-refractivity contribution in [1.82, 2.24) is 20.0 Å². The number of aryl methyl sites for hydroxylation is 3. The number of rotatable bonds is 8. The van der Waals surface area contributed by atoms with Crippen molar-refractivity contribution < 1.29 is 4.79 Å². The monoisotopic (exact) mass is 488 g/mol. The van der Waals surface area contributed by atoms with E-state index in [2.05, 4.69) is 20.7 Å². The summed E-state index contributed by atoms with van der Waals surface area (Å²) >= 11 is 1.62. The summed E-state index contributed by atoms with van der Waals surface area (Å²) in [6.45, 7) is 6.45. The fourth-order valence-electron chi connectivity index (χ4n) is 3.86. The van der Waals surface area contributed by atoms with E-state index >= 15 is 0 Å². The average Bonchev–Trinajstić information content (AvgIpc) is 3.30. The first kappa shape index (κ1) is 24.2. The van der Waals surface area contributed by atoms with Crippen LogP contribution in [0.3, 0.4) is 0 Å². The normalized spacial score (nSPS) is 10.8. The first-order valence-electron chi connectivity index (χ1n) is 11.3. The second kappa shape index (κ2) is 10.5. The van der Waals surface area contributed by atoms with Gasteiger partial charge in [-0.2, -0.15) is 0 Å². The molecule has 0 unspecified atom stereocenters. The van der Waals surface area contributed by atoms with E-state index < -0.39 is 0 Å². The van der Waals surface area contributed by atoms with Crippen molar-refractivity contribution in [3.8, 4) is 10.6 Å². The molecule has 0 aliphatic carbocycles. The molecule has 0 fully saturated rings. The number of carbonyl (C=O) groups is 1. The van der Waals surface area contributed by atoms with Crippen LogP contribution in [-0.4, -0.2) is 20.6 Å². The Labute approximate surface area is 207 Å². The molecule has 8 nitrogen and oxygen atoms in total. The number of hydrogen-bond donors (Lipinski definition) is 3. The second-order valence-corrected chi connectivity index (χ2v) is 9.52. The number of nitrogens with one attached hydrogen (secondary N) is 2. The molecule has 0 saturated carbocycles. The molecule has 180 valence electrons. The fraction of sp³-hybridized carbons (Fsp3) is 0.231. The molecule has 35 heavy (non-hydrogen) atoms. The fourth-order valence-corrected chi connectivity index (χ4v) is 4.77. The number of amides is 1. The quantitative estimate of drug-likeness (QED) is 0.350. The Morgan fingerprint density at radius 3 is 2.63 bits per heavy atom. The summed E-state index contributed by atoms with van der Waals surface area (Å²) in [6, 6.07) is 13.5. The first-order chi connectivity index (χ1) is 16.8. The zero-order valence-electron chi connectivity index (χ0n) is 20.0. The highest BCUT2D eigenvalue weighted by atomic mass is 32.1. The van der Waals surface area contributed by atoms with Crippen molar-refractivity contribution in [2.45, 2.75) is 40.3 Å². The van der Waals surface area contributed by atoms with Gasteiger partial charge in [-0.05, 0) is 73.9 Å². The van der Waals surface area contributed by atoms with E-state index in [1.54, 1.807) is 29.8 Å². The maximum atomic E-state index is 13.1. The molecule has 0 saturated heterocycles. The first-order valence-corrected chi connectivity index (χ1v) is 12.1.